The molecule has 1 aromatic heterocycles. The number of carbonyl (C=O) groups is 1. The van der Waals surface area contributed by atoms with Crippen LogP contribution in [-0.4, -0.2) is 57.9 Å². The predicted molar refractivity (Wildman–Crippen MR) is 92.1 cm³/mol. The number of carbonyl (C=O) groups excluding carboxylic acids is 1. The number of morpholine rings is 1. The minimum atomic E-state index is -0.411. The summed E-state index contributed by atoms with van der Waals surface area (Å²) in [4.78, 5) is 15.6. The normalized spacial score (nSPS) is 18.5. The van der Waals surface area contributed by atoms with Gasteiger partial charge in [-0.2, -0.15) is 0 Å². The second kappa shape index (κ2) is 7.78. The van der Waals surface area contributed by atoms with Gasteiger partial charge in [0.15, 0.2) is 5.16 Å². The maximum atomic E-state index is 12.3. The Kier molecular flexibility index (Phi) is 5.49. The van der Waals surface area contributed by atoms with Crippen molar-refractivity contribution in [2.45, 2.75) is 23.1 Å². The standard InChI is InChI=1S/C16H21N5O2S/c1-3-21-8-9-23-14(10-21)15(22)18-12-4-6-13(7-5-12)24-16-19-17-11-20(16)2/h4-7,11,14H,3,8-10H2,1-2H3,(H,18,22)/t14-/m0/s1. The van der Waals surface area contributed by atoms with Crippen molar-refractivity contribution in [2.24, 2.45) is 7.05 Å². The molecule has 0 spiro atoms. The molecule has 0 bridgehead atoms. The number of amides is 1. The van der Waals surface area contributed by atoms with Crippen molar-refractivity contribution < 1.29 is 9.53 Å². The number of nitrogens with one attached hydrogen (secondary N) is 1. The minimum absolute atomic E-state index is 0.0955. The number of hydrogen-bond acceptors (Lipinski definition) is 6. The maximum absolute atomic E-state index is 12.3. The van der Waals surface area contributed by atoms with Crippen LogP contribution in [0.15, 0.2) is 40.6 Å². The molecule has 1 aromatic carbocycles. The summed E-state index contributed by atoms with van der Waals surface area (Å²) in [6, 6.07) is 7.68. The van der Waals surface area contributed by atoms with Gasteiger partial charge in [0.1, 0.15) is 12.4 Å². The monoisotopic (exact) mass is 347 g/mol. The van der Waals surface area contributed by atoms with E-state index in [9.17, 15) is 4.79 Å². The third-order valence-electron chi connectivity index (χ3n) is 3.89. The van der Waals surface area contributed by atoms with Crippen LogP contribution in [0.4, 0.5) is 5.69 Å². The van der Waals surface area contributed by atoms with Gasteiger partial charge in [0.25, 0.3) is 5.91 Å². The lowest BCUT2D eigenvalue weighted by Crippen LogP contribution is -2.47. The average Bonchev–Trinajstić information content (AvgIpc) is 3.01. The van der Waals surface area contributed by atoms with Crippen molar-refractivity contribution in [1.29, 1.82) is 0 Å². The first kappa shape index (κ1) is 16.9. The highest BCUT2D eigenvalue weighted by Crippen LogP contribution is 2.26. The largest absolute Gasteiger partial charge is 0.366 e. The van der Waals surface area contributed by atoms with Gasteiger partial charge in [-0.15, -0.1) is 10.2 Å². The molecule has 1 saturated heterocycles. The number of hydrogen-bond donors (Lipinski definition) is 1. The number of aryl methyl sites for hydroxylation is 1. The summed E-state index contributed by atoms with van der Waals surface area (Å²) >= 11 is 1.53. The van der Waals surface area contributed by atoms with E-state index in [1.165, 1.54) is 11.8 Å². The summed E-state index contributed by atoms with van der Waals surface area (Å²) in [7, 11) is 1.90. The van der Waals surface area contributed by atoms with Gasteiger partial charge < -0.3 is 14.6 Å². The van der Waals surface area contributed by atoms with Crippen molar-refractivity contribution in [3.8, 4) is 0 Å². The Labute approximate surface area is 145 Å². The number of ether oxygens (including phenoxy) is 1. The van der Waals surface area contributed by atoms with Crippen LogP contribution in [-0.2, 0) is 16.6 Å². The number of aromatic nitrogens is 3. The van der Waals surface area contributed by atoms with Gasteiger partial charge in [-0.25, -0.2) is 0 Å². The van der Waals surface area contributed by atoms with Gasteiger partial charge in [0.2, 0.25) is 0 Å². The van der Waals surface area contributed by atoms with Gasteiger partial charge in [-0.3, -0.25) is 9.69 Å². The number of benzene rings is 1. The molecule has 0 saturated carbocycles. The average molecular weight is 347 g/mol. The van der Waals surface area contributed by atoms with Crippen LogP contribution >= 0.6 is 11.8 Å². The molecule has 1 aliphatic heterocycles. The molecule has 1 amide bonds. The summed E-state index contributed by atoms with van der Waals surface area (Å²) in [5, 5.41) is 11.6. The Hall–Kier alpha value is -1.90. The van der Waals surface area contributed by atoms with Crippen LogP contribution in [0.3, 0.4) is 0 Å². The highest BCUT2D eigenvalue weighted by Gasteiger charge is 2.25. The first-order valence-electron chi connectivity index (χ1n) is 7.92. The van der Waals surface area contributed by atoms with Crippen molar-refractivity contribution in [3.63, 3.8) is 0 Å². The summed E-state index contributed by atoms with van der Waals surface area (Å²) in [5.74, 6) is -0.0955. The zero-order chi connectivity index (χ0) is 16.9. The van der Waals surface area contributed by atoms with Crippen molar-refractivity contribution >= 4 is 23.4 Å². The molecule has 1 atom stereocenters. The highest BCUT2D eigenvalue weighted by atomic mass is 32.2. The zero-order valence-corrected chi connectivity index (χ0v) is 14.6. The topological polar surface area (TPSA) is 72.3 Å². The Morgan fingerprint density at radius 2 is 2.21 bits per heavy atom. The van der Waals surface area contributed by atoms with Crippen molar-refractivity contribution in [3.05, 3.63) is 30.6 Å². The molecular weight excluding hydrogens is 326 g/mol. The van der Waals surface area contributed by atoms with Gasteiger partial charge in [0.05, 0.1) is 6.61 Å². The number of nitrogens with zero attached hydrogens (tertiary/aromatic N) is 4. The van der Waals surface area contributed by atoms with E-state index in [2.05, 4.69) is 27.3 Å². The Balaban J connectivity index is 1.57. The second-order valence-corrected chi connectivity index (χ2v) is 6.63. The lowest BCUT2D eigenvalue weighted by atomic mass is 10.2. The van der Waals surface area contributed by atoms with Gasteiger partial charge in [-0.1, -0.05) is 6.92 Å². The molecule has 8 heteroatoms. The number of likely N-dealkylation sites (N-methyl/N-ethyl adjacent to an activating group) is 1. The van der Waals surface area contributed by atoms with Crippen LogP contribution in [0, 0.1) is 0 Å². The molecule has 7 nitrogen and oxygen atoms in total. The van der Waals surface area contributed by atoms with Crippen molar-refractivity contribution in [2.75, 3.05) is 31.6 Å². The smallest absolute Gasteiger partial charge is 0.254 e. The molecule has 2 heterocycles. The molecule has 2 aromatic rings. The van der Waals surface area contributed by atoms with E-state index in [-0.39, 0.29) is 5.91 Å². The SMILES string of the molecule is CCN1CCO[C@H](C(=O)Nc2ccc(Sc3nncn3C)cc2)C1. The fraction of sp³-hybridized carbons (Fsp3) is 0.438. The lowest BCUT2D eigenvalue weighted by Gasteiger charge is -2.31. The Bertz CT molecular complexity index is 688. The molecule has 1 fully saturated rings. The van der Waals surface area contributed by atoms with Crippen LogP contribution in [0.5, 0.6) is 0 Å². The van der Waals surface area contributed by atoms with Gasteiger partial charge in [-0.05, 0) is 42.6 Å². The van der Waals surface area contributed by atoms with E-state index in [1.54, 1.807) is 6.33 Å². The third-order valence-corrected chi connectivity index (χ3v) is 4.95. The van der Waals surface area contributed by atoms with E-state index in [0.29, 0.717) is 13.2 Å². The van der Waals surface area contributed by atoms with E-state index in [1.807, 2.05) is 35.9 Å². The summed E-state index contributed by atoms with van der Waals surface area (Å²) < 4.78 is 7.44. The number of rotatable bonds is 5. The fourth-order valence-corrected chi connectivity index (χ4v) is 3.21. The first-order valence-corrected chi connectivity index (χ1v) is 8.74. The number of anilines is 1. The molecule has 0 aliphatic carbocycles. The Morgan fingerprint density at radius 3 is 2.88 bits per heavy atom. The Morgan fingerprint density at radius 1 is 1.42 bits per heavy atom. The maximum Gasteiger partial charge on any atom is 0.254 e. The molecular formula is C16H21N5O2S. The molecule has 24 heavy (non-hydrogen) atoms. The van der Waals surface area contributed by atoms with Gasteiger partial charge in [0, 0.05) is 30.7 Å². The first-order chi connectivity index (χ1) is 11.7. The van der Waals surface area contributed by atoms with Crippen LogP contribution < -0.4 is 5.32 Å². The molecule has 128 valence electrons. The zero-order valence-electron chi connectivity index (χ0n) is 13.8. The molecule has 3 rings (SSSR count). The molecule has 1 N–H and O–H groups in total. The summed E-state index contributed by atoms with van der Waals surface area (Å²) in [6.07, 6.45) is 1.26. The summed E-state index contributed by atoms with van der Waals surface area (Å²) in [6.45, 7) is 5.14. The van der Waals surface area contributed by atoms with Gasteiger partial charge >= 0.3 is 0 Å². The fourth-order valence-electron chi connectivity index (χ4n) is 2.45. The predicted octanol–water partition coefficient (Wildman–Crippen LogP) is 1.63. The van der Waals surface area contributed by atoms with E-state index in [4.69, 9.17) is 4.74 Å². The molecule has 1 aliphatic rings. The molecule has 0 radical (unpaired) electrons. The highest BCUT2D eigenvalue weighted by molar-refractivity contribution is 7.99. The second-order valence-electron chi connectivity index (χ2n) is 5.59. The summed E-state index contributed by atoms with van der Waals surface area (Å²) in [5.41, 5.74) is 0.763. The van der Waals surface area contributed by atoms with E-state index >= 15 is 0 Å². The van der Waals surface area contributed by atoms with E-state index in [0.717, 1.165) is 28.8 Å². The minimum Gasteiger partial charge on any atom is -0.366 e. The van der Waals surface area contributed by atoms with Crippen LogP contribution in [0.2, 0.25) is 0 Å². The third kappa shape index (κ3) is 4.14. The molecule has 0 unspecified atom stereocenters. The van der Waals surface area contributed by atoms with Crippen LogP contribution in [0.1, 0.15) is 6.92 Å². The quantitative estimate of drug-likeness (QED) is 0.886. The van der Waals surface area contributed by atoms with Crippen LogP contribution in [0.25, 0.3) is 0 Å². The van der Waals surface area contributed by atoms with Crippen molar-refractivity contribution in [1.82, 2.24) is 19.7 Å². The van der Waals surface area contributed by atoms with E-state index < -0.39 is 6.10 Å². The lowest BCUT2D eigenvalue weighted by molar-refractivity contribution is -0.132.